The lowest BCUT2D eigenvalue weighted by Crippen LogP contribution is -2.14. The molecule has 0 fully saturated rings. The van der Waals surface area contributed by atoms with Gasteiger partial charge in [-0.1, -0.05) is 75.0 Å². The van der Waals surface area contributed by atoms with E-state index < -0.39 is 5.56 Å². The highest BCUT2D eigenvalue weighted by Gasteiger charge is 2.15. The number of thioether (sulfide) groups is 1. The van der Waals surface area contributed by atoms with Gasteiger partial charge in [-0.25, -0.2) is 4.98 Å². The lowest BCUT2D eigenvalue weighted by molar-refractivity contribution is 0.590. The molecule has 27 heavy (non-hydrogen) atoms. The summed E-state index contributed by atoms with van der Waals surface area (Å²) in [6, 6.07) is 18.2. The van der Waals surface area contributed by atoms with Crippen LogP contribution in [0.3, 0.4) is 0 Å². The van der Waals surface area contributed by atoms with Gasteiger partial charge in [-0.05, 0) is 34.4 Å². The van der Waals surface area contributed by atoms with Gasteiger partial charge in [-0.3, -0.25) is 4.79 Å². The highest BCUT2D eigenvalue weighted by atomic mass is 32.2. The molecule has 136 valence electrons. The smallest absolute Gasteiger partial charge is 0.270 e. The summed E-state index contributed by atoms with van der Waals surface area (Å²) in [5, 5.41) is 9.89. The van der Waals surface area contributed by atoms with E-state index in [0.717, 1.165) is 16.7 Å². The third kappa shape index (κ3) is 3.96. The molecule has 0 aliphatic carbocycles. The second-order valence-corrected chi connectivity index (χ2v) is 8.11. The van der Waals surface area contributed by atoms with Crippen molar-refractivity contribution in [1.29, 1.82) is 5.26 Å². The second kappa shape index (κ2) is 7.42. The predicted molar refractivity (Wildman–Crippen MR) is 111 cm³/mol. The summed E-state index contributed by atoms with van der Waals surface area (Å²) in [4.78, 5) is 19.3. The lowest BCUT2D eigenvalue weighted by Gasteiger charge is -2.19. The maximum absolute atomic E-state index is 12.2. The number of H-pyrrole nitrogens is 1. The molecule has 0 amide bonds. The lowest BCUT2D eigenvalue weighted by atomic mass is 9.86. The van der Waals surface area contributed by atoms with Crippen LogP contribution in [0.1, 0.15) is 31.9 Å². The molecule has 0 unspecified atom stereocenters. The summed E-state index contributed by atoms with van der Waals surface area (Å²) in [5.41, 5.74) is 4.27. The molecule has 3 aromatic rings. The van der Waals surface area contributed by atoms with E-state index in [2.05, 4.69) is 55.0 Å². The Morgan fingerprint density at radius 1 is 1.04 bits per heavy atom. The van der Waals surface area contributed by atoms with Crippen molar-refractivity contribution >= 4 is 11.8 Å². The van der Waals surface area contributed by atoms with Crippen LogP contribution in [0, 0.1) is 11.3 Å². The van der Waals surface area contributed by atoms with E-state index in [-0.39, 0.29) is 11.0 Å². The molecule has 0 spiro atoms. The topological polar surface area (TPSA) is 69.5 Å². The number of aromatic amines is 1. The van der Waals surface area contributed by atoms with Gasteiger partial charge in [0.25, 0.3) is 5.56 Å². The molecule has 1 N–H and O–H groups in total. The SMILES string of the molecule is CSc1nc(-c2cccc(-c3ccc(C(C)(C)C)cc3)c2)c(C#N)c(=O)[nH]1. The van der Waals surface area contributed by atoms with Crippen molar-refractivity contribution in [1.82, 2.24) is 9.97 Å². The standard InChI is InChI=1S/C22H21N3OS/c1-22(2,3)17-10-8-14(9-11-17)15-6-5-7-16(12-15)19-18(13-23)20(26)25-21(24-19)27-4/h5-12H,1-4H3,(H,24,25,26). The van der Waals surface area contributed by atoms with Crippen LogP contribution in [0.15, 0.2) is 58.5 Å². The van der Waals surface area contributed by atoms with Gasteiger partial charge < -0.3 is 4.98 Å². The number of aromatic nitrogens is 2. The quantitative estimate of drug-likeness (QED) is 0.517. The number of nitrogens with zero attached hydrogens (tertiary/aromatic N) is 2. The average Bonchev–Trinajstić information content (AvgIpc) is 2.67. The fourth-order valence-electron chi connectivity index (χ4n) is 2.87. The molecular weight excluding hydrogens is 354 g/mol. The van der Waals surface area contributed by atoms with Gasteiger partial charge in [0, 0.05) is 5.56 Å². The number of rotatable bonds is 3. The maximum atomic E-state index is 12.2. The molecule has 5 heteroatoms. The van der Waals surface area contributed by atoms with Gasteiger partial charge >= 0.3 is 0 Å². The average molecular weight is 375 g/mol. The molecule has 1 heterocycles. The second-order valence-electron chi connectivity index (χ2n) is 7.32. The van der Waals surface area contributed by atoms with Gasteiger partial charge in [-0.15, -0.1) is 0 Å². The third-order valence-corrected chi connectivity index (χ3v) is 5.00. The monoisotopic (exact) mass is 375 g/mol. The first-order valence-electron chi connectivity index (χ1n) is 8.63. The van der Waals surface area contributed by atoms with Gasteiger partial charge in [0.1, 0.15) is 11.6 Å². The number of hydrogen-bond donors (Lipinski definition) is 1. The van der Waals surface area contributed by atoms with E-state index in [1.165, 1.54) is 17.3 Å². The number of nitriles is 1. The zero-order chi connectivity index (χ0) is 19.6. The Balaban J connectivity index is 2.09. The fraction of sp³-hybridized carbons (Fsp3) is 0.227. The zero-order valence-electron chi connectivity index (χ0n) is 15.8. The minimum Gasteiger partial charge on any atom is -0.300 e. The zero-order valence-corrected chi connectivity index (χ0v) is 16.6. The van der Waals surface area contributed by atoms with Crippen molar-refractivity contribution in [2.45, 2.75) is 31.3 Å². The molecule has 2 aromatic carbocycles. The Labute approximate surface area is 163 Å². The van der Waals surface area contributed by atoms with Crippen molar-refractivity contribution in [3.05, 3.63) is 70.0 Å². The summed E-state index contributed by atoms with van der Waals surface area (Å²) in [5.74, 6) is 0. The van der Waals surface area contributed by atoms with Crippen LogP contribution in [0.4, 0.5) is 0 Å². The molecule has 3 rings (SSSR count). The van der Waals surface area contributed by atoms with Crippen molar-refractivity contribution in [2.75, 3.05) is 6.26 Å². The molecular formula is C22H21N3OS. The van der Waals surface area contributed by atoms with Crippen molar-refractivity contribution in [3.8, 4) is 28.5 Å². The maximum Gasteiger partial charge on any atom is 0.270 e. The van der Waals surface area contributed by atoms with Crippen LogP contribution in [0.5, 0.6) is 0 Å². The van der Waals surface area contributed by atoms with Crippen molar-refractivity contribution in [3.63, 3.8) is 0 Å². The van der Waals surface area contributed by atoms with Crippen molar-refractivity contribution < 1.29 is 0 Å². The summed E-state index contributed by atoms with van der Waals surface area (Å²) >= 11 is 1.34. The number of hydrogen-bond acceptors (Lipinski definition) is 4. The predicted octanol–water partition coefficient (Wildman–Crippen LogP) is 4.99. The van der Waals surface area contributed by atoms with Crippen LogP contribution in [-0.2, 0) is 5.41 Å². The molecule has 1 aromatic heterocycles. The molecule has 0 atom stereocenters. The largest absolute Gasteiger partial charge is 0.300 e. The van der Waals surface area contributed by atoms with E-state index in [1.54, 1.807) is 0 Å². The van der Waals surface area contributed by atoms with Gasteiger partial charge in [0.05, 0.1) is 5.69 Å². The Bertz CT molecular complexity index is 1070. The molecule has 0 bridgehead atoms. The molecule has 0 radical (unpaired) electrons. The Morgan fingerprint density at radius 2 is 1.70 bits per heavy atom. The Morgan fingerprint density at radius 3 is 2.30 bits per heavy atom. The first-order chi connectivity index (χ1) is 12.8. The minimum absolute atomic E-state index is 0.0352. The van der Waals surface area contributed by atoms with Crippen LogP contribution < -0.4 is 5.56 Å². The summed E-state index contributed by atoms with van der Waals surface area (Å²) in [7, 11) is 0. The summed E-state index contributed by atoms with van der Waals surface area (Å²) < 4.78 is 0. The van der Waals surface area contributed by atoms with Crippen molar-refractivity contribution in [2.24, 2.45) is 0 Å². The number of nitrogens with one attached hydrogen (secondary N) is 1. The van der Waals surface area contributed by atoms with Crippen LogP contribution >= 0.6 is 11.8 Å². The fourth-order valence-corrected chi connectivity index (χ4v) is 3.25. The first-order valence-corrected chi connectivity index (χ1v) is 9.85. The molecule has 0 aliphatic heterocycles. The minimum atomic E-state index is -0.410. The van der Waals surface area contributed by atoms with E-state index in [4.69, 9.17) is 0 Å². The molecule has 0 saturated carbocycles. The van der Waals surface area contributed by atoms with E-state index in [1.807, 2.05) is 36.6 Å². The third-order valence-electron chi connectivity index (χ3n) is 4.42. The molecule has 4 nitrogen and oxygen atoms in total. The Kier molecular flexibility index (Phi) is 5.20. The first kappa shape index (κ1) is 18.9. The Hall–Kier alpha value is -2.84. The van der Waals surface area contributed by atoms with Gasteiger partial charge in [-0.2, -0.15) is 5.26 Å². The normalized spacial score (nSPS) is 11.2. The molecule has 0 aliphatic rings. The molecule has 0 saturated heterocycles. The van der Waals surface area contributed by atoms with Crippen LogP contribution in [0.25, 0.3) is 22.4 Å². The van der Waals surface area contributed by atoms with Crippen LogP contribution in [-0.4, -0.2) is 16.2 Å². The van der Waals surface area contributed by atoms with Crippen LogP contribution in [0.2, 0.25) is 0 Å². The van der Waals surface area contributed by atoms with Gasteiger partial charge in [0.15, 0.2) is 5.16 Å². The number of benzene rings is 2. The van der Waals surface area contributed by atoms with E-state index in [9.17, 15) is 10.1 Å². The highest BCUT2D eigenvalue weighted by Crippen LogP contribution is 2.29. The van der Waals surface area contributed by atoms with E-state index >= 15 is 0 Å². The van der Waals surface area contributed by atoms with Gasteiger partial charge in [0.2, 0.25) is 0 Å². The summed E-state index contributed by atoms with van der Waals surface area (Å²) in [6.07, 6.45) is 1.83. The van der Waals surface area contributed by atoms with E-state index in [0.29, 0.717) is 10.9 Å². The highest BCUT2D eigenvalue weighted by molar-refractivity contribution is 7.98. The summed E-state index contributed by atoms with van der Waals surface area (Å²) in [6.45, 7) is 6.57.